The highest BCUT2D eigenvalue weighted by molar-refractivity contribution is 4.86. The molecule has 0 bridgehead atoms. The van der Waals surface area contributed by atoms with E-state index in [1.807, 2.05) is 0 Å². The first-order valence-corrected chi connectivity index (χ1v) is 7.90. The van der Waals surface area contributed by atoms with Crippen LogP contribution in [0.25, 0.3) is 0 Å². The van der Waals surface area contributed by atoms with Crippen LogP contribution in [-0.2, 0) is 0 Å². The molecule has 1 N–H and O–H groups in total. The fraction of sp³-hybridized carbons (Fsp3) is 1.00. The van der Waals surface area contributed by atoms with Gasteiger partial charge in [0.25, 0.3) is 0 Å². The molecule has 0 aromatic carbocycles. The molecule has 1 aliphatic heterocycles. The van der Waals surface area contributed by atoms with Gasteiger partial charge < -0.3 is 20.0 Å². The van der Waals surface area contributed by atoms with Crippen molar-refractivity contribution < 1.29 is 0 Å². The molecule has 0 amide bonds. The number of nitrogens with one attached hydrogen (secondary N) is 1. The molecule has 1 aliphatic rings. The van der Waals surface area contributed by atoms with Crippen LogP contribution in [0.15, 0.2) is 0 Å². The number of likely N-dealkylation sites (tertiary alicyclic amines) is 1. The zero-order chi connectivity index (χ0) is 14.3. The molecule has 0 radical (unpaired) electrons. The normalized spacial score (nSPS) is 24.8. The average molecular weight is 270 g/mol. The van der Waals surface area contributed by atoms with Gasteiger partial charge in [-0.05, 0) is 33.1 Å². The Morgan fingerprint density at radius 3 is 2.32 bits per heavy atom. The van der Waals surface area contributed by atoms with Gasteiger partial charge in [0.15, 0.2) is 0 Å². The number of hydrogen-bond donors (Lipinski definition) is 1. The Bertz CT molecular complexity index is 228. The minimum atomic E-state index is 0.732. The third-order valence-corrected chi connectivity index (χ3v) is 4.42. The van der Waals surface area contributed by atoms with Crippen LogP contribution < -0.4 is 5.32 Å². The van der Waals surface area contributed by atoms with E-state index in [2.05, 4.69) is 54.9 Å². The maximum absolute atomic E-state index is 3.57. The van der Waals surface area contributed by atoms with Gasteiger partial charge in [-0.2, -0.15) is 0 Å². The van der Waals surface area contributed by atoms with Crippen molar-refractivity contribution in [2.45, 2.75) is 26.8 Å². The van der Waals surface area contributed by atoms with Crippen LogP contribution in [0.4, 0.5) is 0 Å². The van der Waals surface area contributed by atoms with Crippen LogP contribution in [0.5, 0.6) is 0 Å². The summed E-state index contributed by atoms with van der Waals surface area (Å²) in [4.78, 5) is 7.44. The third kappa shape index (κ3) is 5.78. The smallest absolute Gasteiger partial charge is 0.0254 e. The van der Waals surface area contributed by atoms with Crippen LogP contribution in [0.2, 0.25) is 0 Å². The largest absolute Gasteiger partial charge is 0.314 e. The van der Waals surface area contributed by atoms with Crippen molar-refractivity contribution in [3.05, 3.63) is 0 Å². The summed E-state index contributed by atoms with van der Waals surface area (Å²) in [5.41, 5.74) is 0. The van der Waals surface area contributed by atoms with E-state index >= 15 is 0 Å². The van der Waals surface area contributed by atoms with Gasteiger partial charge in [-0.1, -0.05) is 20.8 Å². The average Bonchev–Trinajstić information content (AvgIpc) is 2.75. The number of nitrogens with zero attached hydrogens (tertiary/aromatic N) is 3. The highest BCUT2D eigenvalue weighted by Crippen LogP contribution is 2.19. The van der Waals surface area contributed by atoms with Crippen LogP contribution >= 0.6 is 0 Å². The van der Waals surface area contributed by atoms with E-state index in [1.165, 1.54) is 26.2 Å². The molecule has 1 rings (SSSR count). The van der Waals surface area contributed by atoms with Gasteiger partial charge in [0, 0.05) is 45.3 Å². The van der Waals surface area contributed by atoms with Crippen molar-refractivity contribution in [3.63, 3.8) is 0 Å². The molecule has 1 fully saturated rings. The molecule has 0 aliphatic carbocycles. The number of likely N-dealkylation sites (N-methyl/N-ethyl adjacent to an activating group) is 2. The zero-order valence-corrected chi connectivity index (χ0v) is 13.7. The van der Waals surface area contributed by atoms with E-state index in [0.717, 1.165) is 38.1 Å². The van der Waals surface area contributed by atoms with E-state index in [0.29, 0.717) is 0 Å². The Hall–Kier alpha value is -0.160. The van der Waals surface area contributed by atoms with Crippen LogP contribution in [0.1, 0.15) is 20.8 Å². The van der Waals surface area contributed by atoms with Crippen LogP contribution in [0, 0.1) is 5.92 Å². The van der Waals surface area contributed by atoms with Gasteiger partial charge in [-0.25, -0.2) is 0 Å². The van der Waals surface area contributed by atoms with Gasteiger partial charge in [0.1, 0.15) is 0 Å². The molecule has 0 saturated carbocycles. The second-order valence-corrected chi connectivity index (χ2v) is 6.04. The third-order valence-electron chi connectivity index (χ3n) is 4.42. The predicted octanol–water partition coefficient (Wildman–Crippen LogP) is 0.800. The summed E-state index contributed by atoms with van der Waals surface area (Å²) in [6, 6.07) is 0.732. The van der Waals surface area contributed by atoms with Crippen molar-refractivity contribution >= 4 is 0 Å². The van der Waals surface area contributed by atoms with E-state index in [4.69, 9.17) is 0 Å². The van der Waals surface area contributed by atoms with Crippen molar-refractivity contribution in [2.24, 2.45) is 5.92 Å². The standard InChI is InChI=1S/C15H34N4/c1-6-18(7-2)10-8-16-9-11-19-12-14(3)15(13-19)17(4)5/h14-16H,6-13H2,1-5H3. The molecule has 0 spiro atoms. The molecule has 0 aromatic heterocycles. The zero-order valence-electron chi connectivity index (χ0n) is 13.7. The summed E-state index contributed by atoms with van der Waals surface area (Å²) < 4.78 is 0. The van der Waals surface area contributed by atoms with Crippen LogP contribution in [0.3, 0.4) is 0 Å². The molecule has 19 heavy (non-hydrogen) atoms. The predicted molar refractivity (Wildman–Crippen MR) is 83.7 cm³/mol. The Kier molecular flexibility index (Phi) is 7.91. The molecule has 114 valence electrons. The van der Waals surface area contributed by atoms with Gasteiger partial charge >= 0.3 is 0 Å². The quantitative estimate of drug-likeness (QED) is 0.626. The topological polar surface area (TPSA) is 21.8 Å². The molecule has 4 heteroatoms. The van der Waals surface area contributed by atoms with Crippen molar-refractivity contribution in [1.82, 2.24) is 20.0 Å². The van der Waals surface area contributed by atoms with Gasteiger partial charge in [-0.15, -0.1) is 0 Å². The second kappa shape index (κ2) is 8.90. The fourth-order valence-electron chi connectivity index (χ4n) is 3.04. The minimum Gasteiger partial charge on any atom is -0.314 e. The molecule has 4 nitrogen and oxygen atoms in total. The lowest BCUT2D eigenvalue weighted by Crippen LogP contribution is -2.37. The Labute approximate surface area is 120 Å². The molecule has 1 saturated heterocycles. The summed E-state index contributed by atoms with van der Waals surface area (Å²) in [5.74, 6) is 0.797. The first-order chi connectivity index (χ1) is 9.08. The lowest BCUT2D eigenvalue weighted by atomic mass is 10.1. The molecule has 0 aromatic rings. The molecule has 1 heterocycles. The summed E-state index contributed by atoms with van der Waals surface area (Å²) in [6.07, 6.45) is 0. The Balaban J connectivity index is 2.08. The van der Waals surface area contributed by atoms with E-state index in [9.17, 15) is 0 Å². The Morgan fingerprint density at radius 1 is 1.11 bits per heavy atom. The first kappa shape index (κ1) is 16.9. The van der Waals surface area contributed by atoms with Gasteiger partial charge in [0.2, 0.25) is 0 Å². The second-order valence-electron chi connectivity index (χ2n) is 6.04. The molecule has 2 unspecified atom stereocenters. The maximum atomic E-state index is 3.57. The molecular weight excluding hydrogens is 236 g/mol. The highest BCUT2D eigenvalue weighted by atomic mass is 15.2. The summed E-state index contributed by atoms with van der Waals surface area (Å²) in [7, 11) is 4.40. The Morgan fingerprint density at radius 2 is 1.79 bits per heavy atom. The first-order valence-electron chi connectivity index (χ1n) is 7.90. The summed E-state index contributed by atoms with van der Waals surface area (Å²) >= 11 is 0. The van der Waals surface area contributed by atoms with Crippen LogP contribution in [-0.4, -0.2) is 87.2 Å². The van der Waals surface area contributed by atoms with Gasteiger partial charge in [-0.3, -0.25) is 0 Å². The van der Waals surface area contributed by atoms with Gasteiger partial charge in [0.05, 0.1) is 0 Å². The van der Waals surface area contributed by atoms with Crippen molar-refractivity contribution in [1.29, 1.82) is 0 Å². The minimum absolute atomic E-state index is 0.732. The summed E-state index contributed by atoms with van der Waals surface area (Å²) in [5, 5.41) is 3.57. The van der Waals surface area contributed by atoms with Crippen molar-refractivity contribution in [2.75, 3.05) is 66.5 Å². The monoisotopic (exact) mass is 270 g/mol. The molecule has 2 atom stereocenters. The fourth-order valence-corrected chi connectivity index (χ4v) is 3.04. The van der Waals surface area contributed by atoms with E-state index in [-0.39, 0.29) is 0 Å². The van der Waals surface area contributed by atoms with E-state index in [1.54, 1.807) is 0 Å². The summed E-state index contributed by atoms with van der Waals surface area (Å²) in [6.45, 7) is 16.2. The highest BCUT2D eigenvalue weighted by Gasteiger charge is 2.30. The molecular formula is C15H34N4. The lowest BCUT2D eigenvalue weighted by Gasteiger charge is -2.22. The van der Waals surface area contributed by atoms with Crippen molar-refractivity contribution in [3.8, 4) is 0 Å². The van der Waals surface area contributed by atoms with E-state index < -0.39 is 0 Å². The number of hydrogen-bond acceptors (Lipinski definition) is 4. The maximum Gasteiger partial charge on any atom is 0.0254 e. The lowest BCUT2D eigenvalue weighted by molar-refractivity contribution is 0.251. The number of rotatable bonds is 9. The SMILES string of the molecule is CCN(CC)CCNCCN1CC(C)C(N(C)C)C1.